The van der Waals surface area contributed by atoms with Gasteiger partial charge in [-0.2, -0.15) is 0 Å². The van der Waals surface area contributed by atoms with Crippen LogP contribution >= 0.6 is 0 Å². The SMILES string of the molecule is CCCNc1cc(NC2CCN(C3CC3)C2)nc(C)n1. The van der Waals surface area contributed by atoms with Gasteiger partial charge >= 0.3 is 0 Å². The summed E-state index contributed by atoms with van der Waals surface area (Å²) in [5.74, 6) is 2.71. The first-order valence-corrected chi connectivity index (χ1v) is 7.84. The van der Waals surface area contributed by atoms with E-state index in [1.165, 1.54) is 25.8 Å². The number of hydrogen-bond acceptors (Lipinski definition) is 5. The molecule has 2 heterocycles. The van der Waals surface area contributed by atoms with Crippen LogP contribution in [0.4, 0.5) is 11.6 Å². The average molecular weight is 275 g/mol. The third-order valence-corrected chi connectivity index (χ3v) is 4.03. The van der Waals surface area contributed by atoms with Gasteiger partial charge in [0.2, 0.25) is 0 Å². The average Bonchev–Trinajstić information content (AvgIpc) is 3.17. The molecule has 20 heavy (non-hydrogen) atoms. The van der Waals surface area contributed by atoms with Gasteiger partial charge in [0.05, 0.1) is 0 Å². The third kappa shape index (κ3) is 3.39. The Labute approximate surface area is 121 Å². The van der Waals surface area contributed by atoms with Gasteiger partial charge in [0, 0.05) is 37.8 Å². The number of rotatable bonds is 6. The van der Waals surface area contributed by atoms with Gasteiger partial charge in [-0.3, -0.25) is 4.90 Å². The standard InChI is InChI=1S/C15H25N5/c1-3-7-16-14-9-15(18-11(2)17-14)19-12-6-8-20(10-12)13-4-5-13/h9,12-13H,3-8,10H2,1-2H3,(H2,16,17,18,19). The smallest absolute Gasteiger partial charge is 0.132 e. The Kier molecular flexibility index (Phi) is 4.05. The van der Waals surface area contributed by atoms with Gasteiger partial charge in [-0.05, 0) is 32.6 Å². The zero-order chi connectivity index (χ0) is 13.9. The van der Waals surface area contributed by atoms with Crippen LogP contribution in [0.2, 0.25) is 0 Å². The van der Waals surface area contributed by atoms with Crippen molar-refractivity contribution in [1.29, 1.82) is 0 Å². The van der Waals surface area contributed by atoms with E-state index in [9.17, 15) is 0 Å². The number of aromatic nitrogens is 2. The lowest BCUT2D eigenvalue weighted by Gasteiger charge is -2.17. The lowest BCUT2D eigenvalue weighted by Crippen LogP contribution is -2.28. The van der Waals surface area contributed by atoms with Gasteiger partial charge in [0.15, 0.2) is 0 Å². The fourth-order valence-corrected chi connectivity index (χ4v) is 2.87. The van der Waals surface area contributed by atoms with Crippen molar-refractivity contribution in [2.24, 2.45) is 0 Å². The van der Waals surface area contributed by atoms with Gasteiger partial charge in [-0.1, -0.05) is 6.92 Å². The van der Waals surface area contributed by atoms with Crippen molar-refractivity contribution in [3.05, 3.63) is 11.9 Å². The molecule has 5 heteroatoms. The highest BCUT2D eigenvalue weighted by molar-refractivity contribution is 5.48. The molecule has 1 saturated carbocycles. The van der Waals surface area contributed by atoms with Crippen LogP contribution in [0.1, 0.15) is 38.4 Å². The maximum absolute atomic E-state index is 4.51. The first kappa shape index (κ1) is 13.6. The van der Waals surface area contributed by atoms with Crippen molar-refractivity contribution in [3.63, 3.8) is 0 Å². The Hall–Kier alpha value is -1.36. The molecule has 0 bridgehead atoms. The van der Waals surface area contributed by atoms with Crippen molar-refractivity contribution in [2.45, 2.75) is 51.6 Å². The molecule has 3 rings (SSSR count). The summed E-state index contributed by atoms with van der Waals surface area (Å²) >= 11 is 0. The molecular formula is C15H25N5. The van der Waals surface area contributed by atoms with Crippen LogP contribution in [-0.4, -0.2) is 46.6 Å². The molecule has 2 fully saturated rings. The van der Waals surface area contributed by atoms with E-state index >= 15 is 0 Å². The molecular weight excluding hydrogens is 250 g/mol. The fraction of sp³-hybridized carbons (Fsp3) is 0.733. The molecule has 2 N–H and O–H groups in total. The highest BCUT2D eigenvalue weighted by atomic mass is 15.2. The number of nitrogens with one attached hydrogen (secondary N) is 2. The minimum absolute atomic E-state index is 0.531. The number of aryl methyl sites for hydroxylation is 1. The molecule has 1 aliphatic heterocycles. The predicted octanol–water partition coefficient (Wildman–Crippen LogP) is 2.26. The van der Waals surface area contributed by atoms with Gasteiger partial charge in [-0.15, -0.1) is 0 Å². The lowest BCUT2D eigenvalue weighted by atomic mass is 10.2. The van der Waals surface area contributed by atoms with Crippen molar-refractivity contribution in [3.8, 4) is 0 Å². The number of likely N-dealkylation sites (tertiary alicyclic amines) is 1. The molecule has 1 unspecified atom stereocenters. The summed E-state index contributed by atoms with van der Waals surface area (Å²) in [6.07, 6.45) is 5.11. The second kappa shape index (κ2) is 5.95. The van der Waals surface area contributed by atoms with Crippen LogP contribution in [0.3, 0.4) is 0 Å². The van der Waals surface area contributed by atoms with Gasteiger partial charge < -0.3 is 10.6 Å². The number of hydrogen-bond donors (Lipinski definition) is 2. The second-order valence-electron chi connectivity index (χ2n) is 5.97. The lowest BCUT2D eigenvalue weighted by molar-refractivity contribution is 0.326. The summed E-state index contributed by atoms with van der Waals surface area (Å²) in [7, 11) is 0. The van der Waals surface area contributed by atoms with Crippen molar-refractivity contribution in [1.82, 2.24) is 14.9 Å². The van der Waals surface area contributed by atoms with Crippen LogP contribution in [-0.2, 0) is 0 Å². The molecule has 1 atom stereocenters. The van der Waals surface area contributed by atoms with E-state index in [1.807, 2.05) is 13.0 Å². The monoisotopic (exact) mass is 275 g/mol. The summed E-state index contributed by atoms with van der Waals surface area (Å²) in [6.45, 7) is 7.45. The van der Waals surface area contributed by atoms with E-state index in [0.29, 0.717) is 6.04 Å². The Bertz CT molecular complexity index is 458. The summed E-state index contributed by atoms with van der Waals surface area (Å²) in [5.41, 5.74) is 0. The van der Waals surface area contributed by atoms with Crippen LogP contribution in [0.15, 0.2) is 6.07 Å². The van der Waals surface area contributed by atoms with Crippen LogP contribution in [0.25, 0.3) is 0 Å². The van der Waals surface area contributed by atoms with E-state index in [1.54, 1.807) is 0 Å². The molecule has 110 valence electrons. The molecule has 2 aliphatic rings. The highest BCUT2D eigenvalue weighted by Crippen LogP contribution is 2.30. The van der Waals surface area contributed by atoms with Crippen molar-refractivity contribution >= 4 is 11.6 Å². The summed E-state index contributed by atoms with van der Waals surface area (Å²) in [5, 5.41) is 6.91. The Balaban J connectivity index is 1.60. The quantitative estimate of drug-likeness (QED) is 0.834. The molecule has 5 nitrogen and oxygen atoms in total. The summed E-state index contributed by atoms with van der Waals surface area (Å²) in [6, 6.07) is 3.43. The van der Waals surface area contributed by atoms with Gasteiger partial charge in [-0.25, -0.2) is 9.97 Å². The van der Waals surface area contributed by atoms with Gasteiger partial charge in [0.1, 0.15) is 17.5 Å². The second-order valence-corrected chi connectivity index (χ2v) is 5.97. The maximum Gasteiger partial charge on any atom is 0.132 e. The maximum atomic E-state index is 4.51. The van der Waals surface area contributed by atoms with Crippen LogP contribution in [0, 0.1) is 6.92 Å². The Morgan fingerprint density at radius 2 is 2.05 bits per heavy atom. The van der Waals surface area contributed by atoms with E-state index in [0.717, 1.165) is 43.0 Å². The minimum atomic E-state index is 0.531. The Morgan fingerprint density at radius 1 is 1.25 bits per heavy atom. The molecule has 0 spiro atoms. The molecule has 0 radical (unpaired) electrons. The van der Waals surface area contributed by atoms with Crippen molar-refractivity contribution in [2.75, 3.05) is 30.3 Å². The van der Waals surface area contributed by atoms with E-state index in [4.69, 9.17) is 0 Å². The molecule has 1 aliphatic carbocycles. The zero-order valence-electron chi connectivity index (χ0n) is 12.5. The zero-order valence-corrected chi connectivity index (χ0v) is 12.5. The van der Waals surface area contributed by atoms with Crippen molar-refractivity contribution < 1.29 is 0 Å². The molecule has 0 amide bonds. The first-order valence-electron chi connectivity index (χ1n) is 7.84. The molecule has 1 aromatic rings. The number of anilines is 2. The summed E-state index contributed by atoms with van der Waals surface area (Å²) in [4.78, 5) is 11.5. The first-order chi connectivity index (χ1) is 9.74. The van der Waals surface area contributed by atoms with E-state index in [-0.39, 0.29) is 0 Å². The number of nitrogens with zero attached hydrogens (tertiary/aromatic N) is 3. The third-order valence-electron chi connectivity index (χ3n) is 4.03. The normalized spacial score (nSPS) is 23.0. The highest BCUT2D eigenvalue weighted by Gasteiger charge is 2.34. The Morgan fingerprint density at radius 3 is 2.80 bits per heavy atom. The fourth-order valence-electron chi connectivity index (χ4n) is 2.87. The largest absolute Gasteiger partial charge is 0.370 e. The van der Waals surface area contributed by atoms with E-state index in [2.05, 4.69) is 32.4 Å². The minimum Gasteiger partial charge on any atom is -0.370 e. The van der Waals surface area contributed by atoms with Crippen LogP contribution < -0.4 is 10.6 Å². The topological polar surface area (TPSA) is 53.1 Å². The van der Waals surface area contributed by atoms with E-state index < -0.39 is 0 Å². The molecule has 0 aromatic carbocycles. The van der Waals surface area contributed by atoms with Crippen LogP contribution in [0.5, 0.6) is 0 Å². The predicted molar refractivity (Wildman–Crippen MR) is 82.2 cm³/mol. The van der Waals surface area contributed by atoms with Gasteiger partial charge in [0.25, 0.3) is 0 Å². The summed E-state index contributed by atoms with van der Waals surface area (Å²) < 4.78 is 0. The molecule has 1 aromatic heterocycles. The molecule has 1 saturated heterocycles.